The molecule has 2 N–H and O–H groups in total. The van der Waals surface area contributed by atoms with E-state index in [2.05, 4.69) is 45.1 Å². The number of piperazine rings is 1. The lowest BCUT2D eigenvalue weighted by Gasteiger charge is -2.38. The number of aromatic nitrogens is 2. The van der Waals surface area contributed by atoms with Crippen molar-refractivity contribution in [3.8, 4) is 0 Å². The molecule has 1 saturated heterocycles. The topological polar surface area (TPSA) is 58.3 Å². The van der Waals surface area contributed by atoms with Gasteiger partial charge in [-0.25, -0.2) is 0 Å². The molecule has 0 saturated carbocycles. The second-order valence-corrected chi connectivity index (χ2v) is 5.36. The number of rotatable bonds is 3. The van der Waals surface area contributed by atoms with E-state index in [1.54, 1.807) is 0 Å². The Morgan fingerprint density at radius 2 is 1.95 bits per heavy atom. The van der Waals surface area contributed by atoms with Crippen LogP contribution in [-0.2, 0) is 0 Å². The Hall–Kier alpha value is -1.72. The van der Waals surface area contributed by atoms with Gasteiger partial charge < -0.3 is 10.6 Å². The van der Waals surface area contributed by atoms with Gasteiger partial charge in [0, 0.05) is 49.5 Å². The fraction of sp³-hybridized carbons (Fsp3) is 0.467. The third-order valence-electron chi connectivity index (χ3n) is 4.13. The molecular weight excluding hydrogens is 250 g/mol. The summed E-state index contributed by atoms with van der Waals surface area (Å²) in [4.78, 5) is 4.77. The SMILES string of the molecule is CC(CN)N1CCN(c2nncc3ccccc23)CC1. The van der Waals surface area contributed by atoms with Gasteiger partial charge in [0.25, 0.3) is 0 Å². The van der Waals surface area contributed by atoms with Crippen LogP contribution in [0.15, 0.2) is 30.5 Å². The Labute approximate surface area is 119 Å². The minimum Gasteiger partial charge on any atom is -0.352 e. The van der Waals surface area contributed by atoms with E-state index >= 15 is 0 Å². The maximum absolute atomic E-state index is 5.75. The van der Waals surface area contributed by atoms with Crippen molar-refractivity contribution >= 4 is 16.6 Å². The molecular formula is C15H21N5. The van der Waals surface area contributed by atoms with Gasteiger partial charge >= 0.3 is 0 Å². The maximum atomic E-state index is 5.75. The summed E-state index contributed by atoms with van der Waals surface area (Å²) < 4.78 is 0. The van der Waals surface area contributed by atoms with Gasteiger partial charge in [-0.05, 0) is 6.92 Å². The third-order valence-corrected chi connectivity index (χ3v) is 4.13. The fourth-order valence-corrected chi connectivity index (χ4v) is 2.77. The Kier molecular flexibility index (Phi) is 3.80. The van der Waals surface area contributed by atoms with E-state index < -0.39 is 0 Å². The summed E-state index contributed by atoms with van der Waals surface area (Å²) in [7, 11) is 0. The number of nitrogens with two attached hydrogens (primary N) is 1. The minimum atomic E-state index is 0.454. The average molecular weight is 271 g/mol. The number of benzene rings is 1. The molecule has 106 valence electrons. The molecule has 1 unspecified atom stereocenters. The van der Waals surface area contributed by atoms with Crippen LogP contribution in [0.5, 0.6) is 0 Å². The van der Waals surface area contributed by atoms with Gasteiger partial charge in [0.15, 0.2) is 5.82 Å². The van der Waals surface area contributed by atoms with Gasteiger partial charge in [-0.1, -0.05) is 24.3 Å². The number of nitrogens with zero attached hydrogens (tertiary/aromatic N) is 4. The molecule has 0 aliphatic carbocycles. The van der Waals surface area contributed by atoms with Crippen molar-refractivity contribution in [1.82, 2.24) is 15.1 Å². The zero-order valence-corrected chi connectivity index (χ0v) is 11.9. The number of fused-ring (bicyclic) bond motifs is 1. The summed E-state index contributed by atoms with van der Waals surface area (Å²) in [6, 6.07) is 8.75. The molecule has 1 aromatic carbocycles. The standard InChI is InChI=1S/C15H21N5/c1-12(10-16)19-6-8-20(9-7-19)15-14-5-3-2-4-13(14)11-17-18-15/h2-5,11-12H,6-10,16H2,1H3. The van der Waals surface area contributed by atoms with E-state index in [0.29, 0.717) is 12.6 Å². The molecule has 5 nitrogen and oxygen atoms in total. The van der Waals surface area contributed by atoms with Crippen LogP contribution in [0.3, 0.4) is 0 Å². The summed E-state index contributed by atoms with van der Waals surface area (Å²) in [5.74, 6) is 1.00. The van der Waals surface area contributed by atoms with E-state index in [1.165, 1.54) is 5.39 Å². The van der Waals surface area contributed by atoms with Crippen molar-refractivity contribution in [3.63, 3.8) is 0 Å². The first-order valence-corrected chi connectivity index (χ1v) is 7.19. The maximum Gasteiger partial charge on any atom is 0.159 e. The quantitative estimate of drug-likeness (QED) is 0.906. The van der Waals surface area contributed by atoms with Gasteiger partial charge in [-0.15, -0.1) is 5.10 Å². The van der Waals surface area contributed by atoms with Crippen LogP contribution in [0, 0.1) is 0 Å². The van der Waals surface area contributed by atoms with Crippen LogP contribution in [0.1, 0.15) is 6.92 Å². The van der Waals surface area contributed by atoms with E-state index in [-0.39, 0.29) is 0 Å². The molecule has 0 amide bonds. The van der Waals surface area contributed by atoms with Crippen molar-refractivity contribution in [2.45, 2.75) is 13.0 Å². The first-order valence-electron chi connectivity index (χ1n) is 7.19. The highest BCUT2D eigenvalue weighted by atomic mass is 15.3. The Balaban J connectivity index is 1.80. The van der Waals surface area contributed by atoms with E-state index in [9.17, 15) is 0 Å². The van der Waals surface area contributed by atoms with Crippen molar-refractivity contribution < 1.29 is 0 Å². The molecule has 0 bridgehead atoms. The second-order valence-electron chi connectivity index (χ2n) is 5.36. The molecule has 1 aliphatic rings. The zero-order valence-electron chi connectivity index (χ0n) is 11.9. The number of hydrogen-bond donors (Lipinski definition) is 1. The number of hydrogen-bond acceptors (Lipinski definition) is 5. The highest BCUT2D eigenvalue weighted by Crippen LogP contribution is 2.24. The third kappa shape index (κ3) is 2.46. The summed E-state index contributed by atoms with van der Waals surface area (Å²) in [6.45, 7) is 6.92. The van der Waals surface area contributed by atoms with Crippen molar-refractivity contribution in [1.29, 1.82) is 0 Å². The van der Waals surface area contributed by atoms with Crippen LogP contribution in [0.2, 0.25) is 0 Å². The van der Waals surface area contributed by atoms with E-state index in [1.807, 2.05) is 12.3 Å². The largest absolute Gasteiger partial charge is 0.352 e. The minimum absolute atomic E-state index is 0.454. The molecule has 1 atom stereocenters. The summed E-state index contributed by atoms with van der Waals surface area (Å²) in [6.07, 6.45) is 1.82. The molecule has 2 aromatic rings. The van der Waals surface area contributed by atoms with Gasteiger partial charge in [0.1, 0.15) is 0 Å². The van der Waals surface area contributed by atoms with Crippen LogP contribution in [0.4, 0.5) is 5.82 Å². The summed E-state index contributed by atoms with van der Waals surface area (Å²) in [5.41, 5.74) is 5.75. The van der Waals surface area contributed by atoms with Crippen molar-refractivity contribution in [3.05, 3.63) is 30.5 Å². The normalized spacial score (nSPS) is 18.4. The molecule has 2 heterocycles. The van der Waals surface area contributed by atoms with E-state index in [4.69, 9.17) is 5.73 Å². The first kappa shape index (κ1) is 13.3. The Bertz CT molecular complexity index is 572. The van der Waals surface area contributed by atoms with Crippen molar-refractivity contribution in [2.24, 2.45) is 5.73 Å². The van der Waals surface area contributed by atoms with Gasteiger partial charge in [0.2, 0.25) is 0 Å². The van der Waals surface area contributed by atoms with Crippen LogP contribution in [0.25, 0.3) is 10.8 Å². The van der Waals surface area contributed by atoms with Gasteiger partial charge in [0.05, 0.1) is 6.20 Å². The molecule has 0 radical (unpaired) electrons. The predicted molar refractivity (Wildman–Crippen MR) is 81.8 cm³/mol. The number of anilines is 1. The summed E-state index contributed by atoms with van der Waals surface area (Å²) >= 11 is 0. The summed E-state index contributed by atoms with van der Waals surface area (Å²) in [5, 5.41) is 10.8. The smallest absolute Gasteiger partial charge is 0.159 e. The lowest BCUT2D eigenvalue weighted by molar-refractivity contribution is 0.201. The molecule has 1 fully saturated rings. The molecule has 1 aromatic heterocycles. The lowest BCUT2D eigenvalue weighted by atomic mass is 10.1. The first-order chi connectivity index (χ1) is 9.79. The highest BCUT2D eigenvalue weighted by Gasteiger charge is 2.22. The van der Waals surface area contributed by atoms with E-state index in [0.717, 1.165) is 37.4 Å². The Morgan fingerprint density at radius 1 is 1.20 bits per heavy atom. The predicted octanol–water partition coefficient (Wildman–Crippen LogP) is 1.10. The van der Waals surface area contributed by atoms with Crippen LogP contribution in [-0.4, -0.2) is 53.9 Å². The molecule has 20 heavy (non-hydrogen) atoms. The molecule has 1 aliphatic heterocycles. The highest BCUT2D eigenvalue weighted by molar-refractivity contribution is 5.91. The lowest BCUT2D eigenvalue weighted by Crippen LogP contribution is -2.51. The van der Waals surface area contributed by atoms with Crippen LogP contribution < -0.4 is 10.6 Å². The van der Waals surface area contributed by atoms with Crippen molar-refractivity contribution in [2.75, 3.05) is 37.6 Å². The van der Waals surface area contributed by atoms with Gasteiger partial charge in [-0.2, -0.15) is 5.10 Å². The molecule has 0 spiro atoms. The monoisotopic (exact) mass is 271 g/mol. The fourth-order valence-electron chi connectivity index (χ4n) is 2.77. The molecule has 5 heteroatoms. The van der Waals surface area contributed by atoms with Gasteiger partial charge in [-0.3, -0.25) is 4.90 Å². The molecule has 3 rings (SSSR count). The average Bonchev–Trinajstić information content (AvgIpc) is 2.54. The second kappa shape index (κ2) is 5.73. The zero-order chi connectivity index (χ0) is 13.9. The Morgan fingerprint density at radius 3 is 2.70 bits per heavy atom. The van der Waals surface area contributed by atoms with Crippen LogP contribution >= 0.6 is 0 Å².